The Hall–Kier alpha value is -2.52. The SMILES string of the molecule is C[C@H]1C[C@H](C)CN(c2cc(N3CCCC3)nc(NC(=S)NCC3(c4ccc(F)cc4)CCOCC3)n2)C1. The highest BCUT2D eigenvalue weighted by atomic mass is 32.1. The van der Waals surface area contributed by atoms with E-state index in [1.54, 1.807) is 0 Å². The summed E-state index contributed by atoms with van der Waals surface area (Å²) in [5.41, 5.74) is 0.941. The van der Waals surface area contributed by atoms with Crippen LogP contribution < -0.4 is 20.4 Å². The summed E-state index contributed by atoms with van der Waals surface area (Å²) in [5.74, 6) is 3.51. The Balaban J connectivity index is 1.32. The quantitative estimate of drug-likeness (QED) is 0.524. The fraction of sp³-hybridized carbons (Fsp3) is 0.607. The Bertz CT molecular complexity index is 1060. The molecule has 1 aromatic carbocycles. The molecule has 3 fully saturated rings. The normalized spacial score (nSPS) is 23.6. The average molecular weight is 527 g/mol. The van der Waals surface area contributed by atoms with E-state index in [9.17, 15) is 4.39 Å². The van der Waals surface area contributed by atoms with Gasteiger partial charge in [-0.3, -0.25) is 0 Å². The van der Waals surface area contributed by atoms with E-state index in [1.165, 1.54) is 31.4 Å². The van der Waals surface area contributed by atoms with Crippen LogP contribution in [0.2, 0.25) is 0 Å². The molecule has 9 heteroatoms. The highest BCUT2D eigenvalue weighted by molar-refractivity contribution is 7.80. The van der Waals surface area contributed by atoms with Crippen molar-refractivity contribution in [3.63, 3.8) is 0 Å². The lowest BCUT2D eigenvalue weighted by Crippen LogP contribution is -2.45. The molecule has 0 amide bonds. The fourth-order valence-electron chi connectivity index (χ4n) is 6.13. The van der Waals surface area contributed by atoms with E-state index in [4.69, 9.17) is 26.9 Å². The van der Waals surface area contributed by atoms with Crippen LogP contribution in [-0.4, -0.2) is 61.0 Å². The standard InChI is InChI=1S/C28H39FN6OS/c1-20-15-21(2)18-35(17-20)25-16-24(34-11-3-4-12-34)31-26(32-25)33-27(37)30-19-28(9-13-36-14-10-28)22-5-7-23(29)8-6-22/h5-8,16,20-21H,3-4,9-15,17-19H2,1-2H3,(H2,30,31,32,33,37)/t20-,21-/m0/s1. The zero-order valence-electron chi connectivity index (χ0n) is 22.0. The van der Waals surface area contributed by atoms with Crippen molar-refractivity contribution in [2.45, 2.75) is 51.4 Å². The molecular weight excluding hydrogens is 487 g/mol. The second-order valence-electron chi connectivity index (χ2n) is 11.2. The molecule has 1 aromatic heterocycles. The Kier molecular flexibility index (Phi) is 8.09. The van der Waals surface area contributed by atoms with Crippen molar-refractivity contribution in [2.75, 3.05) is 61.1 Å². The summed E-state index contributed by atoms with van der Waals surface area (Å²) < 4.78 is 19.2. The van der Waals surface area contributed by atoms with Crippen LogP contribution in [0.5, 0.6) is 0 Å². The van der Waals surface area contributed by atoms with Crippen LogP contribution in [0.1, 0.15) is 51.5 Å². The second kappa shape index (κ2) is 11.5. The summed E-state index contributed by atoms with van der Waals surface area (Å²) >= 11 is 5.72. The number of rotatable bonds is 6. The van der Waals surface area contributed by atoms with Gasteiger partial charge in [-0.1, -0.05) is 26.0 Å². The first-order valence-corrected chi connectivity index (χ1v) is 14.1. The van der Waals surface area contributed by atoms with Gasteiger partial charge in [0.2, 0.25) is 5.95 Å². The molecule has 4 heterocycles. The van der Waals surface area contributed by atoms with Crippen LogP contribution in [-0.2, 0) is 10.2 Å². The first kappa shape index (κ1) is 26.1. The van der Waals surface area contributed by atoms with Gasteiger partial charge in [0.15, 0.2) is 5.11 Å². The van der Waals surface area contributed by atoms with Crippen molar-refractivity contribution in [1.82, 2.24) is 15.3 Å². The Morgan fingerprint density at radius 1 is 1.03 bits per heavy atom. The molecule has 200 valence electrons. The molecule has 0 spiro atoms. The van der Waals surface area contributed by atoms with Gasteiger partial charge in [0, 0.05) is 57.4 Å². The second-order valence-corrected chi connectivity index (χ2v) is 11.6. The van der Waals surface area contributed by atoms with Crippen molar-refractivity contribution in [3.05, 3.63) is 41.7 Å². The average Bonchev–Trinajstić information content (AvgIpc) is 3.43. The lowest BCUT2D eigenvalue weighted by Gasteiger charge is -2.38. The molecule has 0 saturated carbocycles. The molecule has 7 nitrogen and oxygen atoms in total. The molecular formula is C28H39FN6OS. The van der Waals surface area contributed by atoms with Crippen LogP contribution in [0, 0.1) is 17.7 Å². The van der Waals surface area contributed by atoms with Crippen molar-refractivity contribution in [3.8, 4) is 0 Å². The third-order valence-electron chi connectivity index (χ3n) is 8.04. The van der Waals surface area contributed by atoms with E-state index in [1.807, 2.05) is 12.1 Å². The number of nitrogens with one attached hydrogen (secondary N) is 2. The minimum atomic E-state index is -0.223. The number of hydrogen-bond donors (Lipinski definition) is 2. The summed E-state index contributed by atoms with van der Waals surface area (Å²) in [6, 6.07) is 8.97. The molecule has 2 aromatic rings. The van der Waals surface area contributed by atoms with Gasteiger partial charge in [-0.15, -0.1) is 0 Å². The molecule has 0 aliphatic carbocycles. The zero-order valence-corrected chi connectivity index (χ0v) is 22.8. The van der Waals surface area contributed by atoms with Gasteiger partial charge < -0.3 is 25.2 Å². The number of aromatic nitrogens is 2. The predicted octanol–water partition coefficient (Wildman–Crippen LogP) is 4.73. The molecule has 5 rings (SSSR count). The van der Waals surface area contributed by atoms with E-state index < -0.39 is 0 Å². The summed E-state index contributed by atoms with van der Waals surface area (Å²) in [4.78, 5) is 14.5. The van der Waals surface area contributed by atoms with Gasteiger partial charge in [-0.2, -0.15) is 9.97 Å². The topological polar surface area (TPSA) is 65.5 Å². The van der Waals surface area contributed by atoms with Gasteiger partial charge in [0.05, 0.1) is 0 Å². The molecule has 0 unspecified atom stereocenters. The lowest BCUT2D eigenvalue weighted by molar-refractivity contribution is 0.0515. The van der Waals surface area contributed by atoms with Crippen LogP contribution in [0.15, 0.2) is 30.3 Å². The number of thiocarbonyl (C=S) groups is 1. The van der Waals surface area contributed by atoms with Gasteiger partial charge in [0.25, 0.3) is 0 Å². The number of piperidine rings is 1. The predicted molar refractivity (Wildman–Crippen MR) is 151 cm³/mol. The van der Waals surface area contributed by atoms with Crippen molar-refractivity contribution in [2.24, 2.45) is 11.8 Å². The summed E-state index contributed by atoms with van der Waals surface area (Å²) in [5, 5.41) is 7.20. The highest BCUT2D eigenvalue weighted by Gasteiger charge is 2.35. The molecule has 2 atom stereocenters. The molecule has 2 N–H and O–H groups in total. The maximum Gasteiger partial charge on any atom is 0.232 e. The van der Waals surface area contributed by atoms with Crippen molar-refractivity contribution in [1.29, 1.82) is 0 Å². The summed E-state index contributed by atoms with van der Waals surface area (Å²) in [6.07, 6.45) is 5.33. The molecule has 3 saturated heterocycles. The maximum atomic E-state index is 13.6. The van der Waals surface area contributed by atoms with Crippen LogP contribution >= 0.6 is 12.2 Å². The van der Waals surface area contributed by atoms with E-state index in [0.29, 0.717) is 42.7 Å². The first-order chi connectivity index (χ1) is 17.9. The number of nitrogens with zero attached hydrogens (tertiary/aromatic N) is 4. The van der Waals surface area contributed by atoms with Crippen molar-refractivity contribution >= 4 is 34.9 Å². The molecule has 37 heavy (non-hydrogen) atoms. The monoisotopic (exact) mass is 526 g/mol. The van der Waals surface area contributed by atoms with Gasteiger partial charge in [-0.05, 0) is 73.9 Å². The third-order valence-corrected chi connectivity index (χ3v) is 8.29. The number of ether oxygens (including phenoxy) is 1. The minimum Gasteiger partial charge on any atom is -0.381 e. The van der Waals surface area contributed by atoms with E-state index >= 15 is 0 Å². The summed E-state index contributed by atoms with van der Waals surface area (Å²) in [6.45, 7) is 10.7. The molecule has 3 aliphatic heterocycles. The zero-order chi connectivity index (χ0) is 25.8. The number of benzene rings is 1. The Morgan fingerprint density at radius 3 is 2.30 bits per heavy atom. The minimum absolute atomic E-state index is 0.165. The smallest absolute Gasteiger partial charge is 0.232 e. The number of anilines is 3. The van der Waals surface area contributed by atoms with E-state index in [0.717, 1.165) is 56.2 Å². The first-order valence-electron chi connectivity index (χ1n) is 13.7. The van der Waals surface area contributed by atoms with Crippen LogP contribution in [0.3, 0.4) is 0 Å². The van der Waals surface area contributed by atoms with E-state index in [-0.39, 0.29) is 11.2 Å². The molecule has 3 aliphatic rings. The molecule has 0 radical (unpaired) electrons. The Labute approximate surface area is 225 Å². The largest absolute Gasteiger partial charge is 0.381 e. The number of halogens is 1. The van der Waals surface area contributed by atoms with Gasteiger partial charge in [-0.25, -0.2) is 4.39 Å². The van der Waals surface area contributed by atoms with Gasteiger partial charge >= 0.3 is 0 Å². The van der Waals surface area contributed by atoms with Crippen molar-refractivity contribution < 1.29 is 9.13 Å². The maximum absolute atomic E-state index is 13.6. The Morgan fingerprint density at radius 2 is 1.65 bits per heavy atom. The number of hydrogen-bond acceptors (Lipinski definition) is 6. The van der Waals surface area contributed by atoms with Crippen LogP contribution in [0.25, 0.3) is 0 Å². The van der Waals surface area contributed by atoms with Crippen LogP contribution in [0.4, 0.5) is 22.0 Å². The highest BCUT2D eigenvalue weighted by Crippen LogP contribution is 2.34. The molecule has 0 bridgehead atoms. The van der Waals surface area contributed by atoms with Gasteiger partial charge in [0.1, 0.15) is 17.5 Å². The fourth-order valence-corrected chi connectivity index (χ4v) is 6.29. The third kappa shape index (κ3) is 6.32. The van der Waals surface area contributed by atoms with E-state index in [2.05, 4.69) is 40.3 Å². The lowest BCUT2D eigenvalue weighted by atomic mass is 9.74. The summed E-state index contributed by atoms with van der Waals surface area (Å²) in [7, 11) is 0.